The van der Waals surface area contributed by atoms with Crippen molar-refractivity contribution in [1.82, 2.24) is 5.32 Å². The maximum absolute atomic E-state index is 4.74. The van der Waals surface area contributed by atoms with Crippen LogP contribution in [0.4, 0.5) is 0 Å². The molecule has 0 fully saturated rings. The number of thiocarbonyl (C=S) groups is 1. The van der Waals surface area contributed by atoms with Crippen molar-refractivity contribution in [3.8, 4) is 0 Å². The van der Waals surface area contributed by atoms with Crippen molar-refractivity contribution in [2.24, 2.45) is 0 Å². The summed E-state index contributed by atoms with van der Waals surface area (Å²) >= 11 is 4.74. The normalized spacial score (nSPS) is 10.0. The van der Waals surface area contributed by atoms with Crippen LogP contribution in [0.15, 0.2) is 42.5 Å². The van der Waals surface area contributed by atoms with Crippen LogP contribution in [-0.4, -0.2) is 5.49 Å². The highest BCUT2D eigenvalue weighted by molar-refractivity contribution is 7.78. The third-order valence-corrected chi connectivity index (χ3v) is 2.42. The molecule has 0 aliphatic carbocycles. The van der Waals surface area contributed by atoms with E-state index in [1.165, 1.54) is 16.3 Å². The molecule has 0 saturated carbocycles. The van der Waals surface area contributed by atoms with Crippen LogP contribution in [-0.2, 0) is 6.54 Å². The minimum atomic E-state index is 0.796. The number of benzene rings is 2. The van der Waals surface area contributed by atoms with Crippen LogP contribution in [0.25, 0.3) is 10.8 Å². The molecule has 0 heterocycles. The van der Waals surface area contributed by atoms with E-state index in [0.717, 1.165) is 6.54 Å². The van der Waals surface area contributed by atoms with Crippen LogP contribution in [0, 0.1) is 0 Å². The maximum Gasteiger partial charge on any atom is 0.0617 e. The molecule has 1 nitrogen and oxygen atoms in total. The minimum Gasteiger partial charge on any atom is -0.378 e. The molecule has 70 valence electrons. The van der Waals surface area contributed by atoms with E-state index in [-0.39, 0.29) is 0 Å². The van der Waals surface area contributed by atoms with Gasteiger partial charge >= 0.3 is 0 Å². The van der Waals surface area contributed by atoms with Crippen LogP contribution in [0.2, 0.25) is 0 Å². The predicted molar refractivity (Wildman–Crippen MR) is 64.4 cm³/mol. The second-order valence-corrected chi connectivity index (χ2v) is 3.37. The molecule has 0 aliphatic heterocycles. The molecule has 0 bridgehead atoms. The van der Waals surface area contributed by atoms with Crippen molar-refractivity contribution in [1.29, 1.82) is 0 Å². The number of hydrogen-bond donors (Lipinski definition) is 1. The third kappa shape index (κ3) is 1.75. The molecule has 0 amide bonds. The second kappa shape index (κ2) is 4.20. The fourth-order valence-corrected chi connectivity index (χ4v) is 1.68. The van der Waals surface area contributed by atoms with Gasteiger partial charge in [-0.15, -0.1) is 0 Å². The molecule has 2 aromatic carbocycles. The first-order chi connectivity index (χ1) is 6.92. The average Bonchev–Trinajstić information content (AvgIpc) is 2.26. The zero-order chi connectivity index (χ0) is 9.80. The molecule has 2 rings (SSSR count). The molecule has 14 heavy (non-hydrogen) atoms. The molecule has 2 aromatic rings. The van der Waals surface area contributed by atoms with Crippen molar-refractivity contribution in [3.05, 3.63) is 48.0 Å². The lowest BCUT2D eigenvalue weighted by atomic mass is 10.0. The molecule has 0 unspecified atom stereocenters. The molecule has 0 aliphatic rings. The van der Waals surface area contributed by atoms with E-state index >= 15 is 0 Å². The van der Waals surface area contributed by atoms with E-state index in [0.29, 0.717) is 0 Å². The average molecular weight is 201 g/mol. The predicted octanol–water partition coefficient (Wildman–Crippen LogP) is 2.89. The summed E-state index contributed by atoms with van der Waals surface area (Å²) in [6.07, 6.45) is 0. The lowest BCUT2D eigenvalue weighted by molar-refractivity contribution is 0.954. The molecule has 0 atom stereocenters. The van der Waals surface area contributed by atoms with Gasteiger partial charge in [0.25, 0.3) is 0 Å². The largest absolute Gasteiger partial charge is 0.378 e. The summed E-state index contributed by atoms with van der Waals surface area (Å²) in [5, 5.41) is 5.61. The Kier molecular flexibility index (Phi) is 2.75. The summed E-state index contributed by atoms with van der Waals surface area (Å²) in [7, 11) is 0. The van der Waals surface area contributed by atoms with Gasteiger partial charge in [0.15, 0.2) is 0 Å². The van der Waals surface area contributed by atoms with Crippen molar-refractivity contribution in [2.75, 3.05) is 0 Å². The van der Waals surface area contributed by atoms with E-state index < -0.39 is 0 Å². The Morgan fingerprint density at radius 3 is 2.71 bits per heavy atom. The van der Waals surface area contributed by atoms with E-state index in [2.05, 4.69) is 47.8 Å². The van der Waals surface area contributed by atoms with E-state index in [4.69, 9.17) is 12.2 Å². The lowest BCUT2D eigenvalue weighted by Crippen LogP contribution is -2.08. The first kappa shape index (κ1) is 9.16. The van der Waals surface area contributed by atoms with Gasteiger partial charge in [0.2, 0.25) is 0 Å². The molecule has 1 N–H and O–H groups in total. The third-order valence-electron chi connectivity index (χ3n) is 2.26. The Balaban J connectivity index is 2.48. The van der Waals surface area contributed by atoms with E-state index in [9.17, 15) is 0 Å². The number of hydrogen-bond acceptors (Lipinski definition) is 1. The monoisotopic (exact) mass is 201 g/mol. The fourth-order valence-electron chi connectivity index (χ4n) is 1.60. The summed E-state index contributed by atoms with van der Waals surface area (Å²) in [5.74, 6) is 0. The zero-order valence-corrected chi connectivity index (χ0v) is 8.55. The highest BCUT2D eigenvalue weighted by Gasteiger charge is 1.97. The zero-order valence-electron chi connectivity index (χ0n) is 7.73. The van der Waals surface area contributed by atoms with Crippen LogP contribution < -0.4 is 5.32 Å². The van der Waals surface area contributed by atoms with Gasteiger partial charge in [0.05, 0.1) is 5.49 Å². The first-order valence-electron chi connectivity index (χ1n) is 4.55. The SMILES string of the molecule is S=CNCc1cccc2ccccc12. The van der Waals surface area contributed by atoms with Crippen molar-refractivity contribution in [2.45, 2.75) is 6.54 Å². The Morgan fingerprint density at radius 2 is 1.86 bits per heavy atom. The Labute approximate surface area is 88.8 Å². The molecule has 0 saturated heterocycles. The van der Waals surface area contributed by atoms with Gasteiger partial charge in [-0.25, -0.2) is 0 Å². The quantitative estimate of drug-likeness (QED) is 0.766. The Hall–Kier alpha value is -1.41. The Morgan fingerprint density at radius 1 is 1.07 bits per heavy atom. The minimum absolute atomic E-state index is 0.796. The molecule has 0 aromatic heterocycles. The van der Waals surface area contributed by atoms with Crippen LogP contribution in [0.5, 0.6) is 0 Å². The van der Waals surface area contributed by atoms with Crippen LogP contribution in [0.1, 0.15) is 5.56 Å². The summed E-state index contributed by atoms with van der Waals surface area (Å²) < 4.78 is 0. The van der Waals surface area contributed by atoms with Gasteiger partial charge in [-0.05, 0) is 16.3 Å². The van der Waals surface area contributed by atoms with Crippen molar-refractivity contribution >= 4 is 28.5 Å². The maximum atomic E-state index is 4.74. The lowest BCUT2D eigenvalue weighted by Gasteiger charge is -2.05. The van der Waals surface area contributed by atoms with Gasteiger partial charge in [-0.1, -0.05) is 54.7 Å². The topological polar surface area (TPSA) is 12.0 Å². The highest BCUT2D eigenvalue weighted by Crippen LogP contribution is 2.17. The van der Waals surface area contributed by atoms with Gasteiger partial charge in [-0.2, -0.15) is 0 Å². The molecule has 2 heteroatoms. The standard InChI is InChI=1S/C12H11NS/c14-9-13-8-11-6-3-5-10-4-1-2-7-12(10)11/h1-7,9H,8H2,(H,13,14). The summed E-state index contributed by atoms with van der Waals surface area (Å²) in [6, 6.07) is 14.7. The molecular weight excluding hydrogens is 190 g/mol. The van der Waals surface area contributed by atoms with Gasteiger partial charge in [0.1, 0.15) is 0 Å². The van der Waals surface area contributed by atoms with Gasteiger partial charge in [-0.3, -0.25) is 0 Å². The first-order valence-corrected chi connectivity index (χ1v) is 5.02. The van der Waals surface area contributed by atoms with Crippen LogP contribution >= 0.6 is 12.2 Å². The molecule has 0 spiro atoms. The van der Waals surface area contributed by atoms with Gasteiger partial charge in [0, 0.05) is 6.54 Å². The molecular formula is C12H11NS. The summed E-state index contributed by atoms with van der Waals surface area (Å²) in [6.45, 7) is 0.796. The van der Waals surface area contributed by atoms with Gasteiger partial charge < -0.3 is 5.32 Å². The number of nitrogens with one attached hydrogen (secondary N) is 1. The Bertz CT molecular complexity index is 446. The number of rotatable bonds is 3. The second-order valence-electron chi connectivity index (χ2n) is 3.14. The van der Waals surface area contributed by atoms with Crippen molar-refractivity contribution in [3.63, 3.8) is 0 Å². The van der Waals surface area contributed by atoms with Crippen LogP contribution in [0.3, 0.4) is 0 Å². The fraction of sp³-hybridized carbons (Fsp3) is 0.0833. The molecule has 0 radical (unpaired) electrons. The highest BCUT2D eigenvalue weighted by atomic mass is 32.1. The van der Waals surface area contributed by atoms with Crippen molar-refractivity contribution < 1.29 is 0 Å². The summed E-state index contributed by atoms with van der Waals surface area (Å²) in [5.41, 5.74) is 2.84. The smallest absolute Gasteiger partial charge is 0.0617 e. The number of fused-ring (bicyclic) bond motifs is 1. The summed E-state index contributed by atoms with van der Waals surface area (Å²) in [4.78, 5) is 0. The van der Waals surface area contributed by atoms with E-state index in [1.807, 2.05) is 0 Å². The van der Waals surface area contributed by atoms with E-state index in [1.54, 1.807) is 5.49 Å².